The van der Waals surface area contributed by atoms with Gasteiger partial charge in [-0.25, -0.2) is 9.48 Å². The second kappa shape index (κ2) is 12.0. The molecule has 0 fully saturated rings. The number of esters is 1. The smallest absolute Gasteiger partial charge is 0.338 e. The molecule has 0 spiro atoms. The van der Waals surface area contributed by atoms with E-state index in [2.05, 4.69) is 33.2 Å². The fourth-order valence-electron chi connectivity index (χ4n) is 3.89. The van der Waals surface area contributed by atoms with Gasteiger partial charge in [-0.1, -0.05) is 48.0 Å². The summed E-state index contributed by atoms with van der Waals surface area (Å²) in [5, 5.41) is 9.57. The van der Waals surface area contributed by atoms with Crippen LogP contribution < -0.4 is 14.8 Å². The fourth-order valence-corrected chi connectivity index (χ4v) is 5.62. The van der Waals surface area contributed by atoms with Gasteiger partial charge in [0.05, 0.1) is 24.3 Å². The Balaban J connectivity index is 1.75. The van der Waals surface area contributed by atoms with Crippen molar-refractivity contribution in [2.45, 2.75) is 38.1 Å². The summed E-state index contributed by atoms with van der Waals surface area (Å²) in [6.07, 6.45) is 0.989. The van der Waals surface area contributed by atoms with Crippen LogP contribution in [0.15, 0.2) is 51.2 Å². The van der Waals surface area contributed by atoms with E-state index in [1.165, 1.54) is 7.11 Å². The molecule has 4 rings (SSSR count). The lowest BCUT2D eigenvalue weighted by atomic mass is 9.95. The number of nitrogens with zero attached hydrogens (tertiary/aromatic N) is 3. The molecule has 0 aliphatic carbocycles. The minimum Gasteiger partial charge on any atom is -0.493 e. The highest BCUT2D eigenvalue weighted by atomic mass is 79.9. The quantitative estimate of drug-likeness (QED) is 0.202. The Morgan fingerprint density at radius 3 is 2.70 bits per heavy atom. The number of methoxy groups -OCH3 is 2. The SMILES string of the molecule is CCCSc1nc2n(n1)C(c1cc(Br)c(OCc3ccc(Cl)cc3Cl)c(OC)c1)C(C(=O)OC)=C(C)N2. The zero-order valence-electron chi connectivity index (χ0n) is 20.6. The van der Waals surface area contributed by atoms with Crippen LogP contribution in [0.25, 0.3) is 0 Å². The van der Waals surface area contributed by atoms with Gasteiger partial charge in [0, 0.05) is 27.1 Å². The summed E-state index contributed by atoms with van der Waals surface area (Å²) in [4.78, 5) is 17.5. The molecule has 0 saturated carbocycles. The Kier molecular flexibility index (Phi) is 8.94. The van der Waals surface area contributed by atoms with Gasteiger partial charge in [-0.3, -0.25) is 0 Å². The van der Waals surface area contributed by atoms with Gasteiger partial charge in [0.25, 0.3) is 0 Å². The maximum absolute atomic E-state index is 12.9. The molecule has 0 bridgehead atoms. The molecule has 0 radical (unpaired) electrons. The number of ether oxygens (including phenoxy) is 3. The van der Waals surface area contributed by atoms with Crippen LogP contribution in [0.1, 0.15) is 37.4 Å². The zero-order valence-corrected chi connectivity index (χ0v) is 24.5. The van der Waals surface area contributed by atoms with Crippen molar-refractivity contribution in [2.75, 3.05) is 25.3 Å². The third-order valence-corrected chi connectivity index (χ3v) is 7.85. The molecule has 1 unspecified atom stereocenters. The van der Waals surface area contributed by atoms with Gasteiger partial charge >= 0.3 is 5.97 Å². The summed E-state index contributed by atoms with van der Waals surface area (Å²) < 4.78 is 19.2. The van der Waals surface area contributed by atoms with Crippen LogP contribution in [0.2, 0.25) is 10.0 Å². The first kappa shape index (κ1) is 27.6. The number of anilines is 1. The molecule has 12 heteroatoms. The average molecular weight is 628 g/mol. The first-order valence-corrected chi connectivity index (χ1v) is 13.9. The van der Waals surface area contributed by atoms with E-state index in [4.69, 9.17) is 42.5 Å². The second-order valence-corrected chi connectivity index (χ2v) is 10.9. The number of nitrogens with one attached hydrogen (secondary N) is 1. The van der Waals surface area contributed by atoms with Crippen LogP contribution >= 0.6 is 50.9 Å². The van der Waals surface area contributed by atoms with Crippen molar-refractivity contribution in [1.82, 2.24) is 14.8 Å². The molecule has 1 aliphatic heterocycles. The van der Waals surface area contributed by atoms with E-state index in [-0.39, 0.29) is 6.61 Å². The molecule has 1 atom stereocenters. The predicted octanol–water partition coefficient (Wildman–Crippen LogP) is 6.90. The summed E-state index contributed by atoms with van der Waals surface area (Å²) in [5.41, 5.74) is 2.57. The number of benzene rings is 2. The molecule has 196 valence electrons. The number of hydrogen-bond acceptors (Lipinski definition) is 8. The Hall–Kier alpha value is -2.40. The minimum absolute atomic E-state index is 0.204. The number of aromatic nitrogens is 3. The fraction of sp³-hybridized carbons (Fsp3) is 0.320. The zero-order chi connectivity index (χ0) is 26.7. The molecule has 1 aromatic heterocycles. The summed E-state index contributed by atoms with van der Waals surface area (Å²) in [7, 11) is 2.91. The Morgan fingerprint density at radius 2 is 2.03 bits per heavy atom. The van der Waals surface area contributed by atoms with Gasteiger partial charge in [0.1, 0.15) is 12.6 Å². The summed E-state index contributed by atoms with van der Waals surface area (Å²) >= 11 is 17.5. The van der Waals surface area contributed by atoms with E-state index < -0.39 is 12.0 Å². The molecule has 3 aromatic rings. The maximum atomic E-state index is 12.9. The molecule has 2 heterocycles. The second-order valence-electron chi connectivity index (χ2n) is 8.13. The van der Waals surface area contributed by atoms with E-state index >= 15 is 0 Å². The molecule has 1 aliphatic rings. The van der Waals surface area contributed by atoms with E-state index in [1.807, 2.05) is 25.1 Å². The third kappa shape index (κ3) is 5.87. The van der Waals surface area contributed by atoms with Crippen LogP contribution in [0.3, 0.4) is 0 Å². The summed E-state index contributed by atoms with van der Waals surface area (Å²) in [6.45, 7) is 4.12. The number of carbonyl (C=O) groups excluding carboxylic acids is 1. The average Bonchev–Trinajstić information content (AvgIpc) is 3.28. The van der Waals surface area contributed by atoms with Gasteiger partial charge < -0.3 is 19.5 Å². The number of hydrogen-bond donors (Lipinski definition) is 1. The van der Waals surface area contributed by atoms with Gasteiger partial charge in [-0.2, -0.15) is 4.98 Å². The lowest BCUT2D eigenvalue weighted by Gasteiger charge is -2.28. The van der Waals surface area contributed by atoms with E-state index in [9.17, 15) is 4.79 Å². The summed E-state index contributed by atoms with van der Waals surface area (Å²) in [6, 6.07) is 8.32. The highest BCUT2D eigenvalue weighted by Crippen LogP contribution is 2.43. The molecule has 37 heavy (non-hydrogen) atoms. The Morgan fingerprint density at radius 1 is 1.24 bits per heavy atom. The number of rotatable bonds is 9. The van der Waals surface area contributed by atoms with Gasteiger partial charge in [-0.05, 0) is 59.1 Å². The molecule has 0 amide bonds. The largest absolute Gasteiger partial charge is 0.493 e. The van der Waals surface area contributed by atoms with Crippen molar-refractivity contribution in [1.29, 1.82) is 0 Å². The molecular formula is C25H25BrCl2N4O4S. The van der Waals surface area contributed by atoms with Crippen molar-refractivity contribution >= 4 is 62.8 Å². The van der Waals surface area contributed by atoms with Crippen molar-refractivity contribution in [3.63, 3.8) is 0 Å². The minimum atomic E-state index is -0.600. The number of halogens is 3. The monoisotopic (exact) mass is 626 g/mol. The third-order valence-electron chi connectivity index (χ3n) is 5.63. The lowest BCUT2D eigenvalue weighted by molar-refractivity contribution is -0.136. The van der Waals surface area contributed by atoms with Crippen LogP contribution in [-0.4, -0.2) is 40.7 Å². The van der Waals surface area contributed by atoms with E-state index in [1.54, 1.807) is 35.7 Å². The molecule has 2 aromatic carbocycles. The van der Waals surface area contributed by atoms with Gasteiger partial charge in [-0.15, -0.1) is 5.10 Å². The Labute approximate surface area is 237 Å². The topological polar surface area (TPSA) is 87.5 Å². The van der Waals surface area contributed by atoms with E-state index in [0.717, 1.165) is 23.3 Å². The highest BCUT2D eigenvalue weighted by Gasteiger charge is 2.36. The van der Waals surface area contributed by atoms with Gasteiger partial charge in [0.15, 0.2) is 11.5 Å². The molecule has 8 nitrogen and oxygen atoms in total. The molecule has 0 saturated heterocycles. The molecular weight excluding hydrogens is 603 g/mol. The number of fused-ring (bicyclic) bond motifs is 1. The lowest BCUT2D eigenvalue weighted by Crippen LogP contribution is -2.29. The maximum Gasteiger partial charge on any atom is 0.338 e. The standard InChI is InChI=1S/C25H25BrCl2N4O4S/c1-5-8-37-25-30-24-29-13(2)20(23(33)35-4)21(32(24)31-25)15-9-17(26)22(19(10-15)34-3)36-12-14-6-7-16(27)11-18(14)28/h6-7,9-11,21H,5,8,12H2,1-4H3,(H,29,30,31). The summed E-state index contributed by atoms with van der Waals surface area (Å²) in [5.74, 6) is 1.92. The number of carbonyl (C=O) groups is 1. The van der Waals surface area contributed by atoms with Crippen molar-refractivity contribution in [2.24, 2.45) is 0 Å². The Bertz CT molecular complexity index is 1360. The first-order chi connectivity index (χ1) is 17.8. The normalized spacial score (nSPS) is 14.7. The van der Waals surface area contributed by atoms with Crippen LogP contribution in [-0.2, 0) is 16.1 Å². The van der Waals surface area contributed by atoms with Crippen LogP contribution in [0.5, 0.6) is 11.5 Å². The molecule has 1 N–H and O–H groups in total. The highest BCUT2D eigenvalue weighted by molar-refractivity contribution is 9.10. The number of allylic oxidation sites excluding steroid dienone is 1. The van der Waals surface area contributed by atoms with Crippen molar-refractivity contribution < 1.29 is 19.0 Å². The number of thioether (sulfide) groups is 1. The van der Waals surface area contributed by atoms with Crippen molar-refractivity contribution in [3.05, 3.63) is 67.2 Å². The van der Waals surface area contributed by atoms with Crippen LogP contribution in [0, 0.1) is 0 Å². The predicted molar refractivity (Wildman–Crippen MR) is 149 cm³/mol. The first-order valence-electron chi connectivity index (χ1n) is 11.4. The van der Waals surface area contributed by atoms with Gasteiger partial charge in [0.2, 0.25) is 11.1 Å². The van der Waals surface area contributed by atoms with Crippen LogP contribution in [0.4, 0.5) is 5.95 Å². The van der Waals surface area contributed by atoms with E-state index in [0.29, 0.717) is 48.4 Å². The van der Waals surface area contributed by atoms with Crippen molar-refractivity contribution in [3.8, 4) is 11.5 Å².